The maximum atomic E-state index is 12.4. The molecule has 1 fully saturated rings. The van der Waals surface area contributed by atoms with E-state index in [1.54, 1.807) is 0 Å². The molecule has 1 aliphatic heterocycles. The number of hydrogen-bond acceptors (Lipinski definition) is 6. The zero-order valence-electron chi connectivity index (χ0n) is 14.0. The maximum Gasteiger partial charge on any atom is 0.328 e. The van der Waals surface area contributed by atoms with Crippen molar-refractivity contribution in [3.05, 3.63) is 0 Å². The van der Waals surface area contributed by atoms with Crippen LogP contribution in [0.15, 0.2) is 0 Å². The van der Waals surface area contributed by atoms with Crippen LogP contribution in [0.1, 0.15) is 39.0 Å². The number of carbonyl (C=O) groups excluding carboxylic acids is 2. The standard InChI is InChI=1S/C15H28N4O5/c1-9(20)12(15(23)24)18-13(21)11-6-4-8-19(11)14(22)10(17)5-2-3-7-16/h9-12,20H,2-8,16-17H2,1H3,(H,18,21)(H,23,24)/t9-,10+,11-,12+/m0/s1. The van der Waals surface area contributed by atoms with E-state index in [1.807, 2.05) is 0 Å². The van der Waals surface area contributed by atoms with E-state index in [0.717, 1.165) is 12.8 Å². The number of amides is 2. The van der Waals surface area contributed by atoms with E-state index in [0.29, 0.717) is 32.4 Å². The van der Waals surface area contributed by atoms with Crippen molar-refractivity contribution >= 4 is 17.8 Å². The normalized spacial score (nSPS) is 21.2. The van der Waals surface area contributed by atoms with E-state index in [4.69, 9.17) is 16.6 Å². The van der Waals surface area contributed by atoms with Gasteiger partial charge < -0.3 is 31.9 Å². The largest absolute Gasteiger partial charge is 0.480 e. The lowest BCUT2D eigenvalue weighted by Gasteiger charge is -2.28. The van der Waals surface area contributed by atoms with Gasteiger partial charge in [0, 0.05) is 6.54 Å². The van der Waals surface area contributed by atoms with Crippen molar-refractivity contribution < 1.29 is 24.6 Å². The minimum Gasteiger partial charge on any atom is -0.480 e. The van der Waals surface area contributed by atoms with Crippen molar-refractivity contribution in [1.82, 2.24) is 10.2 Å². The van der Waals surface area contributed by atoms with Crippen molar-refractivity contribution in [2.24, 2.45) is 11.5 Å². The first kappa shape index (κ1) is 20.3. The first-order valence-electron chi connectivity index (χ1n) is 8.27. The molecule has 0 bridgehead atoms. The van der Waals surface area contributed by atoms with E-state index in [2.05, 4.69) is 5.32 Å². The van der Waals surface area contributed by atoms with E-state index >= 15 is 0 Å². The van der Waals surface area contributed by atoms with Crippen molar-refractivity contribution in [3.63, 3.8) is 0 Å². The molecule has 1 saturated heterocycles. The predicted molar refractivity (Wildman–Crippen MR) is 86.9 cm³/mol. The van der Waals surface area contributed by atoms with Gasteiger partial charge in [-0.05, 0) is 39.2 Å². The third-order valence-corrected chi connectivity index (χ3v) is 4.17. The third kappa shape index (κ3) is 5.43. The Morgan fingerprint density at radius 3 is 2.54 bits per heavy atom. The van der Waals surface area contributed by atoms with Crippen LogP contribution in [0, 0.1) is 0 Å². The van der Waals surface area contributed by atoms with E-state index < -0.39 is 36.1 Å². The summed E-state index contributed by atoms with van der Waals surface area (Å²) in [4.78, 5) is 37.2. The van der Waals surface area contributed by atoms with Crippen LogP contribution >= 0.6 is 0 Å². The van der Waals surface area contributed by atoms with Gasteiger partial charge >= 0.3 is 5.97 Å². The van der Waals surface area contributed by atoms with Gasteiger partial charge in [0.05, 0.1) is 12.1 Å². The molecule has 0 aromatic rings. The number of carboxylic acid groups (broad SMARTS) is 1. The Hall–Kier alpha value is -1.71. The molecule has 1 rings (SSSR count). The van der Waals surface area contributed by atoms with Crippen LogP contribution in [-0.4, -0.2) is 70.2 Å². The van der Waals surface area contributed by atoms with E-state index in [-0.39, 0.29) is 5.91 Å². The number of aliphatic hydroxyl groups is 1. The molecule has 0 aliphatic carbocycles. The van der Waals surface area contributed by atoms with Gasteiger partial charge in [0.25, 0.3) is 0 Å². The van der Waals surface area contributed by atoms with Gasteiger partial charge in [0.15, 0.2) is 6.04 Å². The van der Waals surface area contributed by atoms with Gasteiger partial charge in [0.2, 0.25) is 11.8 Å². The molecule has 7 N–H and O–H groups in total. The summed E-state index contributed by atoms with van der Waals surface area (Å²) in [5, 5.41) is 20.8. The van der Waals surface area contributed by atoms with Crippen molar-refractivity contribution in [3.8, 4) is 0 Å². The molecule has 0 unspecified atom stereocenters. The lowest BCUT2D eigenvalue weighted by atomic mass is 10.1. The number of carbonyl (C=O) groups is 3. The average Bonchev–Trinajstić information content (AvgIpc) is 3.00. The number of nitrogens with one attached hydrogen (secondary N) is 1. The number of nitrogens with two attached hydrogens (primary N) is 2. The summed E-state index contributed by atoms with van der Waals surface area (Å²) < 4.78 is 0. The Bertz CT molecular complexity index is 457. The summed E-state index contributed by atoms with van der Waals surface area (Å²) >= 11 is 0. The Balaban J connectivity index is 2.68. The fourth-order valence-corrected chi connectivity index (χ4v) is 2.79. The van der Waals surface area contributed by atoms with Crippen LogP contribution in [-0.2, 0) is 14.4 Å². The van der Waals surface area contributed by atoms with Crippen molar-refractivity contribution in [2.45, 2.75) is 63.3 Å². The smallest absolute Gasteiger partial charge is 0.328 e. The Morgan fingerprint density at radius 2 is 2.00 bits per heavy atom. The molecule has 0 radical (unpaired) electrons. The molecule has 2 amide bonds. The Kier molecular flexibility index (Phi) is 8.09. The molecular weight excluding hydrogens is 316 g/mol. The highest BCUT2D eigenvalue weighted by Crippen LogP contribution is 2.19. The number of likely N-dealkylation sites (tertiary alicyclic amines) is 1. The highest BCUT2D eigenvalue weighted by atomic mass is 16.4. The zero-order valence-corrected chi connectivity index (χ0v) is 14.0. The van der Waals surface area contributed by atoms with Crippen LogP contribution in [0.5, 0.6) is 0 Å². The Labute approximate surface area is 141 Å². The molecule has 9 heteroatoms. The number of nitrogens with zero attached hydrogens (tertiary/aromatic N) is 1. The Morgan fingerprint density at radius 1 is 1.33 bits per heavy atom. The molecule has 0 saturated carbocycles. The first-order valence-corrected chi connectivity index (χ1v) is 8.27. The van der Waals surface area contributed by atoms with Crippen LogP contribution in [0.25, 0.3) is 0 Å². The summed E-state index contributed by atoms with van der Waals surface area (Å²) in [6, 6.07) is -2.86. The lowest BCUT2D eigenvalue weighted by molar-refractivity contribution is -0.146. The van der Waals surface area contributed by atoms with Gasteiger partial charge in [-0.3, -0.25) is 9.59 Å². The molecule has 1 aliphatic rings. The fraction of sp³-hybridized carbons (Fsp3) is 0.800. The number of rotatable bonds is 9. The van der Waals surface area contributed by atoms with Crippen molar-refractivity contribution in [1.29, 1.82) is 0 Å². The first-order chi connectivity index (χ1) is 11.3. The maximum absolute atomic E-state index is 12.4. The second kappa shape index (κ2) is 9.55. The molecule has 0 spiro atoms. The molecular formula is C15H28N4O5. The van der Waals surface area contributed by atoms with Crippen LogP contribution in [0.3, 0.4) is 0 Å². The monoisotopic (exact) mass is 344 g/mol. The van der Waals surface area contributed by atoms with Crippen molar-refractivity contribution in [2.75, 3.05) is 13.1 Å². The molecule has 1 heterocycles. The number of hydrogen-bond donors (Lipinski definition) is 5. The predicted octanol–water partition coefficient (Wildman–Crippen LogP) is -1.62. The van der Waals surface area contributed by atoms with Crippen LogP contribution in [0.4, 0.5) is 0 Å². The second-order valence-electron chi connectivity index (χ2n) is 6.15. The average molecular weight is 344 g/mol. The molecule has 0 aromatic carbocycles. The van der Waals surface area contributed by atoms with E-state index in [1.165, 1.54) is 11.8 Å². The van der Waals surface area contributed by atoms with Gasteiger partial charge in [-0.25, -0.2) is 4.79 Å². The summed E-state index contributed by atoms with van der Waals surface area (Å²) in [7, 11) is 0. The number of carboxylic acids is 1. The molecule has 9 nitrogen and oxygen atoms in total. The van der Waals surface area contributed by atoms with Gasteiger partial charge in [0.1, 0.15) is 6.04 Å². The summed E-state index contributed by atoms with van der Waals surface area (Å²) in [5.74, 6) is -2.22. The summed E-state index contributed by atoms with van der Waals surface area (Å²) in [6.07, 6.45) is 1.85. The quantitative estimate of drug-likeness (QED) is 0.314. The SMILES string of the molecule is C[C@H](O)[C@@H](NC(=O)[C@@H]1CCCN1C(=O)[C@H](N)CCCCN)C(=O)O. The molecule has 0 aromatic heterocycles. The summed E-state index contributed by atoms with van der Waals surface area (Å²) in [5.41, 5.74) is 11.3. The molecule has 4 atom stereocenters. The number of aliphatic hydroxyl groups excluding tert-OH is 1. The third-order valence-electron chi connectivity index (χ3n) is 4.17. The minimum absolute atomic E-state index is 0.311. The van der Waals surface area contributed by atoms with E-state index in [9.17, 15) is 19.5 Å². The number of aliphatic carboxylic acids is 1. The lowest BCUT2D eigenvalue weighted by Crippen LogP contribution is -2.56. The minimum atomic E-state index is -1.41. The highest BCUT2D eigenvalue weighted by Gasteiger charge is 2.38. The van der Waals surface area contributed by atoms with Gasteiger partial charge in [-0.1, -0.05) is 6.42 Å². The number of unbranched alkanes of at least 4 members (excludes halogenated alkanes) is 1. The van der Waals surface area contributed by atoms with Gasteiger partial charge in [-0.15, -0.1) is 0 Å². The summed E-state index contributed by atoms with van der Waals surface area (Å²) in [6.45, 7) is 2.23. The fourth-order valence-electron chi connectivity index (χ4n) is 2.79. The highest BCUT2D eigenvalue weighted by molar-refractivity contribution is 5.92. The molecule has 138 valence electrons. The van der Waals surface area contributed by atoms with Crippen LogP contribution < -0.4 is 16.8 Å². The molecule has 24 heavy (non-hydrogen) atoms. The topological polar surface area (TPSA) is 159 Å². The van der Waals surface area contributed by atoms with Gasteiger partial charge in [-0.2, -0.15) is 0 Å². The zero-order chi connectivity index (χ0) is 18.3. The second-order valence-corrected chi connectivity index (χ2v) is 6.15. The van der Waals surface area contributed by atoms with Crippen LogP contribution in [0.2, 0.25) is 0 Å².